The third kappa shape index (κ3) is 4.87. The molecule has 1 amide bonds. The number of Topliss-reactive ketones (excluding diaryl/α,β-unsaturated/α-hetero) is 1. The van der Waals surface area contributed by atoms with E-state index in [4.69, 9.17) is 23.2 Å². The molecule has 1 aliphatic carbocycles. The topological polar surface area (TPSA) is 74.7 Å². The molecule has 180 valence electrons. The van der Waals surface area contributed by atoms with Gasteiger partial charge in [0.05, 0.1) is 23.9 Å². The fourth-order valence-electron chi connectivity index (χ4n) is 5.40. The van der Waals surface area contributed by atoms with Gasteiger partial charge in [-0.3, -0.25) is 14.4 Å². The predicted molar refractivity (Wildman–Crippen MR) is 132 cm³/mol. The van der Waals surface area contributed by atoms with Crippen molar-refractivity contribution in [2.45, 2.75) is 64.0 Å². The second-order valence-electron chi connectivity index (χ2n) is 9.81. The Bertz CT molecular complexity index is 1100. The molecule has 0 bridgehead atoms. The normalized spacial score (nSPS) is 25.8. The Kier molecular flexibility index (Phi) is 7.07. The van der Waals surface area contributed by atoms with Crippen LogP contribution in [-0.4, -0.2) is 33.7 Å². The molecule has 0 spiro atoms. The van der Waals surface area contributed by atoms with E-state index >= 15 is 0 Å². The molecule has 1 aliphatic heterocycles. The number of carboxylic acids is 1. The first-order chi connectivity index (χ1) is 16.1. The molecule has 5 nitrogen and oxygen atoms in total. The summed E-state index contributed by atoms with van der Waals surface area (Å²) in [5.74, 6) is -1.52. The average molecular weight is 502 g/mol. The average Bonchev–Trinajstić information content (AvgIpc) is 3.63. The molecule has 4 rings (SSSR count). The summed E-state index contributed by atoms with van der Waals surface area (Å²) in [7, 11) is 0. The van der Waals surface area contributed by atoms with Gasteiger partial charge in [0.25, 0.3) is 0 Å². The van der Waals surface area contributed by atoms with Crippen LogP contribution in [0.15, 0.2) is 48.5 Å². The summed E-state index contributed by atoms with van der Waals surface area (Å²) in [6.07, 6.45) is 2.17. The van der Waals surface area contributed by atoms with Crippen LogP contribution in [0.25, 0.3) is 0 Å². The van der Waals surface area contributed by atoms with Crippen molar-refractivity contribution < 1.29 is 19.5 Å². The zero-order valence-electron chi connectivity index (χ0n) is 19.3. The molecule has 2 fully saturated rings. The summed E-state index contributed by atoms with van der Waals surface area (Å²) >= 11 is 12.5. The third-order valence-electron chi connectivity index (χ3n) is 7.16. The zero-order chi connectivity index (χ0) is 24.6. The van der Waals surface area contributed by atoms with Crippen LogP contribution in [0, 0.1) is 11.3 Å². The lowest BCUT2D eigenvalue weighted by atomic mass is 9.66. The monoisotopic (exact) mass is 501 g/mol. The first-order valence-electron chi connectivity index (χ1n) is 11.7. The number of carbonyl (C=O) groups is 3. The number of halogens is 2. The Morgan fingerprint density at radius 3 is 2.32 bits per heavy atom. The van der Waals surface area contributed by atoms with Gasteiger partial charge in [0, 0.05) is 21.9 Å². The Labute approximate surface area is 210 Å². The summed E-state index contributed by atoms with van der Waals surface area (Å²) in [4.78, 5) is 41.0. The van der Waals surface area contributed by atoms with Crippen molar-refractivity contribution in [1.29, 1.82) is 0 Å². The largest absolute Gasteiger partial charge is 0.481 e. The standard InChI is InChI=1S/C27H29Cl2NO4/c1-3-22(25(33)17-7-8-17)30-24(16-9-11-19(28)12-10-16)21(18-5-4-6-20(29)13-18)14-27(2,26(30)34)15-23(31)32/h4-6,9-13,17,21-22,24H,3,7-8,14-15H2,1-2H3,(H,31,32)/t21-,22?,24-,27-/m1/s1. The third-order valence-corrected chi connectivity index (χ3v) is 7.65. The van der Waals surface area contributed by atoms with Crippen molar-refractivity contribution in [2.24, 2.45) is 11.3 Å². The number of likely N-dealkylation sites (tertiary alicyclic amines) is 1. The number of nitrogens with zero attached hydrogens (tertiary/aromatic N) is 1. The molecule has 0 radical (unpaired) electrons. The highest BCUT2D eigenvalue weighted by Gasteiger charge is 2.54. The molecule has 1 N–H and O–H groups in total. The van der Waals surface area contributed by atoms with Crippen LogP contribution in [-0.2, 0) is 14.4 Å². The molecule has 34 heavy (non-hydrogen) atoms. The van der Waals surface area contributed by atoms with Gasteiger partial charge in [-0.25, -0.2) is 0 Å². The van der Waals surface area contributed by atoms with Crippen molar-refractivity contribution in [2.75, 3.05) is 0 Å². The number of hydrogen-bond acceptors (Lipinski definition) is 3. The first-order valence-corrected chi connectivity index (χ1v) is 12.5. The highest BCUT2D eigenvalue weighted by Crippen LogP contribution is 2.52. The molecule has 0 aromatic heterocycles. The van der Waals surface area contributed by atoms with Gasteiger partial charge in [0.15, 0.2) is 5.78 Å². The molecule has 1 saturated heterocycles. The predicted octanol–water partition coefficient (Wildman–Crippen LogP) is 6.29. The molecule has 1 heterocycles. The minimum Gasteiger partial charge on any atom is -0.481 e. The van der Waals surface area contributed by atoms with E-state index in [1.165, 1.54) is 0 Å². The van der Waals surface area contributed by atoms with Crippen LogP contribution in [0.4, 0.5) is 0 Å². The van der Waals surface area contributed by atoms with Crippen molar-refractivity contribution in [3.05, 3.63) is 69.7 Å². The van der Waals surface area contributed by atoms with Gasteiger partial charge in [0.1, 0.15) is 0 Å². The van der Waals surface area contributed by atoms with E-state index in [0.717, 1.165) is 24.0 Å². The molecular formula is C27H29Cl2NO4. The highest BCUT2D eigenvalue weighted by molar-refractivity contribution is 6.30. The quantitative estimate of drug-likeness (QED) is 0.461. The van der Waals surface area contributed by atoms with Gasteiger partial charge in [-0.2, -0.15) is 0 Å². The number of piperidine rings is 1. The summed E-state index contributed by atoms with van der Waals surface area (Å²) < 4.78 is 0. The van der Waals surface area contributed by atoms with Gasteiger partial charge >= 0.3 is 5.97 Å². The molecule has 2 aromatic carbocycles. The zero-order valence-corrected chi connectivity index (χ0v) is 20.9. The maximum atomic E-state index is 14.1. The number of carboxylic acid groups (broad SMARTS) is 1. The maximum absolute atomic E-state index is 14.1. The van der Waals surface area contributed by atoms with Gasteiger partial charge in [-0.1, -0.05) is 61.3 Å². The molecule has 4 atom stereocenters. The Morgan fingerprint density at radius 1 is 1.09 bits per heavy atom. The lowest BCUT2D eigenvalue weighted by Crippen LogP contribution is -2.58. The van der Waals surface area contributed by atoms with E-state index in [1.54, 1.807) is 30.0 Å². The van der Waals surface area contributed by atoms with Crippen LogP contribution in [0.5, 0.6) is 0 Å². The van der Waals surface area contributed by atoms with Gasteiger partial charge in [-0.05, 0) is 61.1 Å². The Morgan fingerprint density at radius 2 is 1.76 bits per heavy atom. The van der Waals surface area contributed by atoms with Gasteiger partial charge in [0.2, 0.25) is 5.91 Å². The summed E-state index contributed by atoms with van der Waals surface area (Å²) in [5.41, 5.74) is 0.622. The Balaban J connectivity index is 1.91. The maximum Gasteiger partial charge on any atom is 0.304 e. The Hall–Kier alpha value is -2.37. The highest BCUT2D eigenvalue weighted by atomic mass is 35.5. The fraction of sp³-hybridized carbons (Fsp3) is 0.444. The van der Waals surface area contributed by atoms with Crippen LogP contribution < -0.4 is 0 Å². The molecule has 1 saturated carbocycles. The molecular weight excluding hydrogens is 473 g/mol. The van der Waals surface area contributed by atoms with Crippen LogP contribution >= 0.6 is 23.2 Å². The van der Waals surface area contributed by atoms with Crippen LogP contribution in [0.1, 0.15) is 69.0 Å². The van der Waals surface area contributed by atoms with Crippen molar-refractivity contribution >= 4 is 40.9 Å². The SMILES string of the molecule is CCC(C(=O)C1CC1)N1C(=O)[C@@](C)(CC(=O)O)C[C@H](c2cccc(Cl)c2)[C@H]1c1ccc(Cl)cc1. The van der Waals surface area contributed by atoms with E-state index < -0.39 is 23.5 Å². The summed E-state index contributed by atoms with van der Waals surface area (Å²) in [5, 5.41) is 10.8. The number of carbonyl (C=O) groups excluding carboxylic acids is 2. The molecule has 7 heteroatoms. The minimum atomic E-state index is -1.15. The lowest BCUT2D eigenvalue weighted by molar-refractivity contribution is -0.162. The van der Waals surface area contributed by atoms with Crippen molar-refractivity contribution in [1.82, 2.24) is 4.90 Å². The summed E-state index contributed by atoms with van der Waals surface area (Å²) in [6, 6.07) is 13.7. The molecule has 1 unspecified atom stereocenters. The smallest absolute Gasteiger partial charge is 0.304 e. The second-order valence-corrected chi connectivity index (χ2v) is 10.7. The van der Waals surface area contributed by atoms with Crippen LogP contribution in [0.3, 0.4) is 0 Å². The van der Waals surface area contributed by atoms with E-state index in [2.05, 4.69) is 0 Å². The second kappa shape index (κ2) is 9.71. The van der Waals surface area contributed by atoms with Crippen molar-refractivity contribution in [3.63, 3.8) is 0 Å². The number of aliphatic carboxylic acids is 1. The number of amides is 1. The van der Waals surface area contributed by atoms with E-state index in [1.807, 2.05) is 37.3 Å². The van der Waals surface area contributed by atoms with Crippen molar-refractivity contribution in [3.8, 4) is 0 Å². The van der Waals surface area contributed by atoms with Crippen LogP contribution in [0.2, 0.25) is 10.0 Å². The van der Waals surface area contributed by atoms with E-state index in [0.29, 0.717) is 22.9 Å². The number of ketones is 1. The van der Waals surface area contributed by atoms with E-state index in [-0.39, 0.29) is 29.9 Å². The lowest BCUT2D eigenvalue weighted by Gasteiger charge is -2.51. The number of benzene rings is 2. The minimum absolute atomic E-state index is 0.0270. The first kappa shape index (κ1) is 24.7. The number of rotatable bonds is 8. The summed E-state index contributed by atoms with van der Waals surface area (Å²) in [6.45, 7) is 3.62. The fourth-order valence-corrected chi connectivity index (χ4v) is 5.72. The molecule has 2 aromatic rings. The number of hydrogen-bond donors (Lipinski definition) is 1. The van der Waals surface area contributed by atoms with Gasteiger partial charge in [-0.15, -0.1) is 0 Å². The molecule has 2 aliphatic rings. The van der Waals surface area contributed by atoms with Gasteiger partial charge < -0.3 is 10.0 Å². The van der Waals surface area contributed by atoms with E-state index in [9.17, 15) is 19.5 Å².